The second-order valence-corrected chi connectivity index (χ2v) is 4.96. The highest BCUT2D eigenvalue weighted by molar-refractivity contribution is 5.74. The van der Waals surface area contributed by atoms with E-state index in [1.807, 2.05) is 26.8 Å². The molecule has 4 heteroatoms. The number of benzene rings is 1. The lowest BCUT2D eigenvalue weighted by Gasteiger charge is -2.20. The van der Waals surface area contributed by atoms with Gasteiger partial charge in [-0.05, 0) is 26.3 Å². The summed E-state index contributed by atoms with van der Waals surface area (Å²) in [4.78, 5) is 11.1. The van der Waals surface area contributed by atoms with E-state index in [2.05, 4.69) is 0 Å². The van der Waals surface area contributed by atoms with E-state index < -0.39 is 12.1 Å². The van der Waals surface area contributed by atoms with Crippen molar-refractivity contribution in [2.75, 3.05) is 13.2 Å². The van der Waals surface area contributed by atoms with Crippen LogP contribution in [0.15, 0.2) is 30.3 Å². The smallest absolute Gasteiger partial charge is 0.337 e. The van der Waals surface area contributed by atoms with Crippen molar-refractivity contribution in [1.29, 1.82) is 0 Å². The van der Waals surface area contributed by atoms with E-state index in [1.165, 1.54) is 0 Å². The summed E-state index contributed by atoms with van der Waals surface area (Å²) >= 11 is 0. The molecule has 1 aromatic carbocycles. The van der Waals surface area contributed by atoms with E-state index in [0.717, 1.165) is 0 Å². The van der Waals surface area contributed by atoms with Gasteiger partial charge in [-0.25, -0.2) is 4.79 Å². The van der Waals surface area contributed by atoms with E-state index in [4.69, 9.17) is 14.6 Å². The first-order valence-corrected chi connectivity index (χ1v) is 5.93. The van der Waals surface area contributed by atoms with Crippen LogP contribution in [0.2, 0.25) is 0 Å². The van der Waals surface area contributed by atoms with Crippen molar-refractivity contribution in [3.05, 3.63) is 35.9 Å². The normalized spacial score (nSPS) is 13.3. The Bertz CT molecular complexity index is 367. The van der Waals surface area contributed by atoms with Crippen LogP contribution in [-0.4, -0.2) is 29.9 Å². The molecule has 0 aliphatic carbocycles. The first-order valence-electron chi connectivity index (χ1n) is 5.93. The van der Waals surface area contributed by atoms with Crippen LogP contribution in [0.5, 0.6) is 0 Å². The highest BCUT2D eigenvalue weighted by Crippen LogP contribution is 2.17. The summed E-state index contributed by atoms with van der Waals surface area (Å²) < 4.78 is 10.8. The van der Waals surface area contributed by atoms with Gasteiger partial charge in [-0.1, -0.05) is 30.3 Å². The van der Waals surface area contributed by atoms with Crippen molar-refractivity contribution in [2.45, 2.75) is 32.5 Å². The number of hydrogen-bond donors (Lipinski definition) is 1. The summed E-state index contributed by atoms with van der Waals surface area (Å²) in [5, 5.41) is 9.12. The van der Waals surface area contributed by atoms with Crippen LogP contribution in [0.3, 0.4) is 0 Å². The molecule has 0 radical (unpaired) electrons. The molecular weight excluding hydrogens is 232 g/mol. The predicted octanol–water partition coefficient (Wildman–Crippen LogP) is 2.64. The SMILES string of the molecule is CC(C)(C)OCCOC(C(=O)O)c1ccccc1. The molecule has 1 aromatic rings. The molecule has 0 aliphatic rings. The summed E-state index contributed by atoms with van der Waals surface area (Å²) in [7, 11) is 0. The molecule has 4 nitrogen and oxygen atoms in total. The van der Waals surface area contributed by atoms with Crippen LogP contribution in [-0.2, 0) is 14.3 Å². The van der Waals surface area contributed by atoms with Crippen LogP contribution >= 0.6 is 0 Å². The van der Waals surface area contributed by atoms with Crippen molar-refractivity contribution in [2.24, 2.45) is 0 Å². The van der Waals surface area contributed by atoms with Crippen LogP contribution in [0.1, 0.15) is 32.4 Å². The van der Waals surface area contributed by atoms with Crippen molar-refractivity contribution in [3.8, 4) is 0 Å². The van der Waals surface area contributed by atoms with Gasteiger partial charge in [0.25, 0.3) is 0 Å². The van der Waals surface area contributed by atoms with Crippen molar-refractivity contribution in [1.82, 2.24) is 0 Å². The summed E-state index contributed by atoms with van der Waals surface area (Å²) in [5.41, 5.74) is 0.398. The van der Waals surface area contributed by atoms with Gasteiger partial charge in [0.15, 0.2) is 6.10 Å². The molecule has 0 saturated carbocycles. The largest absolute Gasteiger partial charge is 0.479 e. The maximum Gasteiger partial charge on any atom is 0.337 e. The molecule has 0 bridgehead atoms. The highest BCUT2D eigenvalue weighted by Gasteiger charge is 2.20. The van der Waals surface area contributed by atoms with Gasteiger partial charge in [0.05, 0.1) is 18.8 Å². The number of carbonyl (C=O) groups is 1. The number of rotatable bonds is 6. The second kappa shape index (κ2) is 6.52. The van der Waals surface area contributed by atoms with Crippen LogP contribution in [0.25, 0.3) is 0 Å². The van der Waals surface area contributed by atoms with E-state index in [1.54, 1.807) is 24.3 Å². The Hall–Kier alpha value is -1.39. The first kappa shape index (κ1) is 14.7. The van der Waals surface area contributed by atoms with E-state index in [-0.39, 0.29) is 12.2 Å². The Morgan fingerprint density at radius 3 is 2.33 bits per heavy atom. The monoisotopic (exact) mass is 252 g/mol. The molecule has 1 unspecified atom stereocenters. The molecule has 0 saturated heterocycles. The second-order valence-electron chi connectivity index (χ2n) is 4.96. The van der Waals surface area contributed by atoms with Gasteiger partial charge in [0.1, 0.15) is 0 Å². The van der Waals surface area contributed by atoms with Gasteiger partial charge in [0.2, 0.25) is 0 Å². The zero-order valence-corrected chi connectivity index (χ0v) is 11.1. The molecule has 0 aromatic heterocycles. The Kier molecular flexibility index (Phi) is 5.31. The molecule has 100 valence electrons. The maximum absolute atomic E-state index is 11.1. The van der Waals surface area contributed by atoms with Gasteiger partial charge in [-0.3, -0.25) is 0 Å². The summed E-state index contributed by atoms with van der Waals surface area (Å²) in [6.07, 6.45) is -0.935. The quantitative estimate of drug-likeness (QED) is 0.791. The van der Waals surface area contributed by atoms with E-state index in [0.29, 0.717) is 12.2 Å². The van der Waals surface area contributed by atoms with Crippen LogP contribution < -0.4 is 0 Å². The lowest BCUT2D eigenvalue weighted by atomic mass is 10.1. The highest BCUT2D eigenvalue weighted by atomic mass is 16.5. The lowest BCUT2D eigenvalue weighted by molar-refractivity contribution is -0.152. The Balaban J connectivity index is 2.48. The molecule has 1 atom stereocenters. The third-order valence-corrected chi connectivity index (χ3v) is 2.23. The number of carboxylic acids is 1. The number of carboxylic acid groups (broad SMARTS) is 1. The van der Waals surface area contributed by atoms with Crippen molar-refractivity contribution in [3.63, 3.8) is 0 Å². The summed E-state index contributed by atoms with van der Waals surface area (Å²) in [6.45, 7) is 6.46. The molecule has 0 amide bonds. The summed E-state index contributed by atoms with van der Waals surface area (Å²) in [5.74, 6) is -0.989. The van der Waals surface area contributed by atoms with Gasteiger partial charge in [-0.15, -0.1) is 0 Å². The Morgan fingerprint density at radius 2 is 1.83 bits per heavy atom. The number of hydrogen-bond acceptors (Lipinski definition) is 3. The van der Waals surface area contributed by atoms with E-state index >= 15 is 0 Å². The minimum atomic E-state index is -0.989. The molecule has 0 fully saturated rings. The fraction of sp³-hybridized carbons (Fsp3) is 0.500. The minimum Gasteiger partial charge on any atom is -0.479 e. The molecule has 0 heterocycles. The van der Waals surface area contributed by atoms with Gasteiger partial charge in [0, 0.05) is 0 Å². The predicted molar refractivity (Wildman–Crippen MR) is 68.5 cm³/mol. The molecular formula is C14H20O4. The van der Waals surface area contributed by atoms with Gasteiger partial charge < -0.3 is 14.6 Å². The first-order chi connectivity index (χ1) is 8.40. The molecule has 1 rings (SSSR count). The Labute approximate surface area is 108 Å². The zero-order valence-electron chi connectivity index (χ0n) is 11.1. The third-order valence-electron chi connectivity index (χ3n) is 2.23. The van der Waals surface area contributed by atoms with Gasteiger partial charge in [-0.2, -0.15) is 0 Å². The third kappa shape index (κ3) is 5.29. The van der Waals surface area contributed by atoms with Gasteiger partial charge >= 0.3 is 5.97 Å². The number of ether oxygens (including phenoxy) is 2. The van der Waals surface area contributed by atoms with Crippen molar-refractivity contribution < 1.29 is 19.4 Å². The lowest BCUT2D eigenvalue weighted by Crippen LogP contribution is -2.24. The number of aliphatic carboxylic acids is 1. The average molecular weight is 252 g/mol. The molecule has 18 heavy (non-hydrogen) atoms. The molecule has 0 spiro atoms. The van der Waals surface area contributed by atoms with Crippen LogP contribution in [0, 0.1) is 0 Å². The topological polar surface area (TPSA) is 55.8 Å². The standard InChI is InChI=1S/C14H20O4/c1-14(2,3)18-10-9-17-12(13(15)16)11-7-5-4-6-8-11/h4-8,12H,9-10H2,1-3H3,(H,15,16). The summed E-state index contributed by atoms with van der Waals surface area (Å²) in [6, 6.07) is 8.90. The fourth-order valence-corrected chi connectivity index (χ4v) is 1.45. The van der Waals surface area contributed by atoms with Crippen molar-refractivity contribution >= 4 is 5.97 Å². The Morgan fingerprint density at radius 1 is 1.22 bits per heavy atom. The van der Waals surface area contributed by atoms with Crippen LogP contribution in [0.4, 0.5) is 0 Å². The van der Waals surface area contributed by atoms with E-state index in [9.17, 15) is 4.79 Å². The molecule has 0 aliphatic heterocycles. The maximum atomic E-state index is 11.1. The molecule has 1 N–H and O–H groups in total. The zero-order chi connectivity index (χ0) is 13.6. The minimum absolute atomic E-state index is 0.241. The average Bonchev–Trinajstić information content (AvgIpc) is 2.28. The fourth-order valence-electron chi connectivity index (χ4n) is 1.45.